The topological polar surface area (TPSA) is 40.5 Å². The molecule has 0 amide bonds. The van der Waals surface area contributed by atoms with E-state index in [9.17, 15) is 14.3 Å². The summed E-state index contributed by atoms with van der Waals surface area (Å²) in [5.74, 6) is -0.210. The molecule has 2 aromatic rings. The van der Waals surface area contributed by atoms with Gasteiger partial charge in [0, 0.05) is 17.8 Å². The van der Waals surface area contributed by atoms with Crippen molar-refractivity contribution in [2.45, 2.75) is 6.92 Å². The first-order valence-electron chi connectivity index (χ1n) is 6.43. The highest BCUT2D eigenvalue weighted by atomic mass is 19.1. The van der Waals surface area contributed by atoms with Gasteiger partial charge in [-0.2, -0.15) is 0 Å². The third-order valence-corrected chi connectivity index (χ3v) is 3.10. The van der Waals surface area contributed by atoms with Crippen molar-refractivity contribution >= 4 is 11.5 Å². The summed E-state index contributed by atoms with van der Waals surface area (Å²) >= 11 is 0. The first kappa shape index (κ1) is 14.1. The van der Waals surface area contributed by atoms with Crippen LogP contribution < -0.4 is 4.90 Å². The summed E-state index contributed by atoms with van der Waals surface area (Å²) in [5.41, 5.74) is 1.35. The highest BCUT2D eigenvalue weighted by Gasteiger charge is 2.12. The van der Waals surface area contributed by atoms with Crippen molar-refractivity contribution in [2.24, 2.45) is 0 Å². The highest BCUT2D eigenvalue weighted by Crippen LogP contribution is 2.16. The molecule has 0 spiro atoms. The van der Waals surface area contributed by atoms with Crippen LogP contribution in [0.3, 0.4) is 0 Å². The molecular weight excluding hydrogens is 257 g/mol. The van der Waals surface area contributed by atoms with E-state index in [1.165, 1.54) is 24.3 Å². The molecule has 0 aromatic heterocycles. The fraction of sp³-hybridized carbons (Fsp3) is 0.188. The van der Waals surface area contributed by atoms with Crippen molar-refractivity contribution in [1.29, 1.82) is 0 Å². The molecule has 3 nitrogen and oxygen atoms in total. The van der Waals surface area contributed by atoms with Crippen molar-refractivity contribution in [3.05, 3.63) is 59.9 Å². The van der Waals surface area contributed by atoms with Crippen LogP contribution in [0.25, 0.3) is 0 Å². The second-order valence-electron chi connectivity index (χ2n) is 4.46. The van der Waals surface area contributed by atoms with Crippen LogP contribution in [0.2, 0.25) is 0 Å². The Morgan fingerprint density at radius 1 is 1.10 bits per heavy atom. The number of hydrogen-bond acceptors (Lipinski definition) is 3. The van der Waals surface area contributed by atoms with Gasteiger partial charge in [0.2, 0.25) is 0 Å². The number of ketones is 1. The second-order valence-corrected chi connectivity index (χ2v) is 4.46. The third-order valence-electron chi connectivity index (χ3n) is 3.10. The number of carbonyl (C=O) groups is 1. The van der Waals surface area contributed by atoms with E-state index >= 15 is 0 Å². The molecule has 0 atom stereocenters. The molecule has 0 aliphatic rings. The lowest BCUT2D eigenvalue weighted by Crippen LogP contribution is -2.29. The van der Waals surface area contributed by atoms with Gasteiger partial charge in [0.15, 0.2) is 5.78 Å². The molecule has 0 radical (unpaired) electrons. The molecule has 20 heavy (non-hydrogen) atoms. The van der Waals surface area contributed by atoms with Crippen molar-refractivity contribution in [3.8, 4) is 5.75 Å². The smallest absolute Gasteiger partial charge is 0.182 e. The van der Waals surface area contributed by atoms with Gasteiger partial charge in [-0.25, -0.2) is 4.39 Å². The number of hydrogen-bond donors (Lipinski definition) is 1. The minimum atomic E-state index is -0.297. The molecule has 0 unspecified atom stereocenters. The number of anilines is 1. The zero-order valence-electron chi connectivity index (χ0n) is 11.2. The van der Waals surface area contributed by atoms with Gasteiger partial charge in [-0.05, 0) is 55.5 Å². The first-order chi connectivity index (χ1) is 9.60. The molecule has 104 valence electrons. The Kier molecular flexibility index (Phi) is 4.35. The molecule has 0 saturated heterocycles. The molecule has 0 bridgehead atoms. The minimum absolute atomic E-state index is 0.0452. The zero-order valence-corrected chi connectivity index (χ0v) is 11.2. The van der Waals surface area contributed by atoms with E-state index < -0.39 is 0 Å². The standard InChI is InChI=1S/C16H16FNO2/c1-2-18(14-7-5-13(17)6-8-14)11-16(20)12-3-9-15(19)10-4-12/h3-10,19H,2,11H2,1H3. The molecule has 0 aliphatic heterocycles. The summed E-state index contributed by atoms with van der Waals surface area (Å²) in [4.78, 5) is 14.0. The van der Waals surface area contributed by atoms with Gasteiger partial charge in [0.25, 0.3) is 0 Å². The summed E-state index contributed by atoms with van der Waals surface area (Å²) in [6.45, 7) is 2.80. The Morgan fingerprint density at radius 3 is 2.25 bits per heavy atom. The molecule has 0 heterocycles. The van der Waals surface area contributed by atoms with Crippen molar-refractivity contribution in [2.75, 3.05) is 18.0 Å². The fourth-order valence-corrected chi connectivity index (χ4v) is 1.95. The van der Waals surface area contributed by atoms with Gasteiger partial charge in [-0.1, -0.05) is 0 Å². The Hall–Kier alpha value is -2.36. The number of nitrogens with zero attached hydrogens (tertiary/aromatic N) is 1. The number of aromatic hydroxyl groups is 1. The second kappa shape index (κ2) is 6.19. The van der Waals surface area contributed by atoms with E-state index in [2.05, 4.69) is 0 Å². The molecule has 0 fully saturated rings. The van der Waals surface area contributed by atoms with Crippen LogP contribution in [0.5, 0.6) is 5.75 Å². The van der Waals surface area contributed by atoms with Crippen LogP contribution in [-0.2, 0) is 0 Å². The highest BCUT2D eigenvalue weighted by molar-refractivity contribution is 5.99. The fourth-order valence-electron chi connectivity index (χ4n) is 1.95. The van der Waals surface area contributed by atoms with Gasteiger partial charge in [-0.15, -0.1) is 0 Å². The van der Waals surface area contributed by atoms with Crippen LogP contribution >= 0.6 is 0 Å². The normalized spacial score (nSPS) is 10.3. The Balaban J connectivity index is 2.11. The molecule has 2 aromatic carbocycles. The van der Waals surface area contributed by atoms with Gasteiger partial charge in [0.05, 0.1) is 6.54 Å². The summed E-state index contributed by atoms with van der Waals surface area (Å²) in [7, 11) is 0. The van der Waals surface area contributed by atoms with E-state index in [4.69, 9.17) is 0 Å². The van der Waals surface area contributed by atoms with Crippen LogP contribution in [-0.4, -0.2) is 24.0 Å². The third kappa shape index (κ3) is 3.35. The lowest BCUT2D eigenvalue weighted by molar-refractivity contribution is 0.0999. The SMILES string of the molecule is CCN(CC(=O)c1ccc(O)cc1)c1ccc(F)cc1. The Bertz CT molecular complexity index is 578. The molecule has 4 heteroatoms. The number of benzene rings is 2. The number of phenols is 1. The van der Waals surface area contributed by atoms with E-state index in [-0.39, 0.29) is 23.9 Å². The molecule has 2 rings (SSSR count). The first-order valence-corrected chi connectivity index (χ1v) is 6.43. The van der Waals surface area contributed by atoms with Crippen LogP contribution in [0.15, 0.2) is 48.5 Å². The molecule has 0 aliphatic carbocycles. The number of rotatable bonds is 5. The number of phenolic OH excluding ortho intramolecular Hbond substituents is 1. The average molecular weight is 273 g/mol. The molecular formula is C16H16FNO2. The summed E-state index contributed by atoms with van der Waals surface area (Å²) in [5, 5.41) is 9.21. The van der Waals surface area contributed by atoms with E-state index in [0.717, 1.165) is 5.69 Å². The molecule has 1 N–H and O–H groups in total. The van der Waals surface area contributed by atoms with Crippen molar-refractivity contribution < 1.29 is 14.3 Å². The van der Waals surface area contributed by atoms with Crippen molar-refractivity contribution in [3.63, 3.8) is 0 Å². The van der Waals surface area contributed by atoms with Crippen LogP contribution in [0, 0.1) is 5.82 Å². The summed E-state index contributed by atoms with van der Waals surface area (Å²) in [6, 6.07) is 12.2. The lowest BCUT2D eigenvalue weighted by atomic mass is 10.1. The lowest BCUT2D eigenvalue weighted by Gasteiger charge is -2.22. The Morgan fingerprint density at radius 2 is 1.70 bits per heavy atom. The van der Waals surface area contributed by atoms with Crippen LogP contribution in [0.4, 0.5) is 10.1 Å². The number of halogens is 1. The van der Waals surface area contributed by atoms with E-state index in [1.807, 2.05) is 11.8 Å². The van der Waals surface area contributed by atoms with Gasteiger partial charge < -0.3 is 10.0 Å². The zero-order chi connectivity index (χ0) is 14.5. The predicted molar refractivity (Wildman–Crippen MR) is 76.7 cm³/mol. The number of likely N-dealkylation sites (N-methyl/N-ethyl adjacent to an activating group) is 1. The average Bonchev–Trinajstić information content (AvgIpc) is 2.46. The van der Waals surface area contributed by atoms with Crippen molar-refractivity contribution in [1.82, 2.24) is 0 Å². The van der Waals surface area contributed by atoms with Gasteiger partial charge in [-0.3, -0.25) is 4.79 Å². The van der Waals surface area contributed by atoms with E-state index in [0.29, 0.717) is 12.1 Å². The van der Waals surface area contributed by atoms with E-state index in [1.54, 1.807) is 24.3 Å². The maximum atomic E-state index is 12.9. The minimum Gasteiger partial charge on any atom is -0.508 e. The number of carbonyl (C=O) groups excluding carboxylic acids is 1. The Labute approximate surface area is 117 Å². The molecule has 0 saturated carbocycles. The number of Topliss-reactive ketones (excluding diaryl/α,β-unsaturated/α-hetero) is 1. The van der Waals surface area contributed by atoms with Gasteiger partial charge in [0.1, 0.15) is 11.6 Å². The summed E-state index contributed by atoms with van der Waals surface area (Å²) in [6.07, 6.45) is 0. The quantitative estimate of drug-likeness (QED) is 0.850. The maximum Gasteiger partial charge on any atom is 0.182 e. The predicted octanol–water partition coefficient (Wildman–Crippen LogP) is 3.24. The summed E-state index contributed by atoms with van der Waals surface area (Å²) < 4.78 is 12.9. The van der Waals surface area contributed by atoms with Crippen LogP contribution in [0.1, 0.15) is 17.3 Å². The maximum absolute atomic E-state index is 12.9. The largest absolute Gasteiger partial charge is 0.508 e. The monoisotopic (exact) mass is 273 g/mol. The van der Waals surface area contributed by atoms with Gasteiger partial charge >= 0.3 is 0 Å².